The van der Waals surface area contributed by atoms with E-state index in [4.69, 9.17) is 0 Å². The van der Waals surface area contributed by atoms with Gasteiger partial charge in [0.25, 0.3) is 11.4 Å². The number of aromatic carboxylic acids is 2. The summed E-state index contributed by atoms with van der Waals surface area (Å²) in [6.07, 6.45) is 0. The molecule has 2 aromatic rings. The third kappa shape index (κ3) is 3.20. The van der Waals surface area contributed by atoms with E-state index in [2.05, 4.69) is 0 Å². The van der Waals surface area contributed by atoms with Gasteiger partial charge in [-0.3, -0.25) is 20.2 Å². The fraction of sp³-hybridized carbons (Fsp3) is 0.125. The predicted octanol–water partition coefficient (Wildman–Crippen LogP) is 3.18. The Hall–Kier alpha value is -3.82. The number of nitro benzene ring substituents is 2. The molecule has 2 rings (SSSR count). The molecule has 0 atom stereocenters. The highest BCUT2D eigenvalue weighted by atomic mass is 16.6. The van der Waals surface area contributed by atoms with Crippen molar-refractivity contribution in [2.24, 2.45) is 0 Å². The van der Waals surface area contributed by atoms with Crippen molar-refractivity contribution in [3.8, 4) is 11.1 Å². The summed E-state index contributed by atoms with van der Waals surface area (Å²) in [5, 5.41) is 40.8. The van der Waals surface area contributed by atoms with Gasteiger partial charge < -0.3 is 10.2 Å². The van der Waals surface area contributed by atoms with Crippen LogP contribution in [0.4, 0.5) is 11.4 Å². The number of hydrogen-bond acceptors (Lipinski definition) is 6. The Morgan fingerprint density at radius 3 is 1.31 bits per heavy atom. The van der Waals surface area contributed by atoms with E-state index < -0.39 is 44.3 Å². The van der Waals surface area contributed by atoms with Gasteiger partial charge in [0.1, 0.15) is 0 Å². The van der Waals surface area contributed by atoms with Crippen LogP contribution in [0.3, 0.4) is 0 Å². The van der Waals surface area contributed by atoms with Crippen molar-refractivity contribution >= 4 is 23.3 Å². The molecule has 0 aliphatic rings. The first-order valence-electron chi connectivity index (χ1n) is 7.09. The molecule has 10 nitrogen and oxygen atoms in total. The van der Waals surface area contributed by atoms with Crippen molar-refractivity contribution in [2.75, 3.05) is 0 Å². The monoisotopic (exact) mass is 360 g/mol. The van der Waals surface area contributed by atoms with Gasteiger partial charge in [0.15, 0.2) is 0 Å². The molecule has 0 bridgehead atoms. The van der Waals surface area contributed by atoms with Crippen LogP contribution >= 0.6 is 0 Å². The Labute approximate surface area is 145 Å². The summed E-state index contributed by atoms with van der Waals surface area (Å²) >= 11 is 0. The van der Waals surface area contributed by atoms with Crippen LogP contribution in [0.25, 0.3) is 11.1 Å². The van der Waals surface area contributed by atoms with E-state index in [0.29, 0.717) is 0 Å². The number of nitrogens with zero attached hydrogens (tertiary/aromatic N) is 2. The maximum atomic E-state index is 11.6. The van der Waals surface area contributed by atoms with Gasteiger partial charge in [-0.1, -0.05) is 0 Å². The van der Waals surface area contributed by atoms with Gasteiger partial charge in [-0.15, -0.1) is 0 Å². The van der Waals surface area contributed by atoms with E-state index in [0.717, 1.165) is 24.3 Å². The zero-order chi connectivity index (χ0) is 19.8. The predicted molar refractivity (Wildman–Crippen MR) is 88.6 cm³/mol. The molecule has 0 aliphatic heterocycles. The second-order valence-corrected chi connectivity index (χ2v) is 5.49. The van der Waals surface area contributed by atoms with Crippen LogP contribution in [-0.2, 0) is 0 Å². The molecule has 0 aliphatic carbocycles. The number of carbonyl (C=O) groups is 2. The topological polar surface area (TPSA) is 161 Å². The van der Waals surface area contributed by atoms with E-state index in [1.54, 1.807) is 0 Å². The van der Waals surface area contributed by atoms with Gasteiger partial charge in [-0.2, -0.15) is 0 Å². The van der Waals surface area contributed by atoms with Crippen molar-refractivity contribution in [1.82, 2.24) is 0 Å². The fourth-order valence-corrected chi connectivity index (χ4v) is 2.75. The summed E-state index contributed by atoms with van der Waals surface area (Å²) in [4.78, 5) is 43.7. The number of aryl methyl sites for hydroxylation is 2. The molecule has 2 aromatic carbocycles. The minimum atomic E-state index is -1.49. The molecule has 10 heteroatoms. The Kier molecular flexibility index (Phi) is 4.69. The number of nitro groups is 2. The Balaban J connectivity index is 2.96. The van der Waals surface area contributed by atoms with Crippen molar-refractivity contribution in [3.05, 3.63) is 66.7 Å². The van der Waals surface area contributed by atoms with Crippen LogP contribution in [0.2, 0.25) is 0 Å². The maximum Gasteiger partial charge on any atom is 0.336 e. The number of benzene rings is 2. The van der Waals surface area contributed by atoms with Crippen molar-refractivity contribution in [3.63, 3.8) is 0 Å². The highest BCUT2D eigenvalue weighted by Crippen LogP contribution is 2.37. The maximum absolute atomic E-state index is 11.6. The lowest BCUT2D eigenvalue weighted by molar-refractivity contribution is -0.385. The Bertz CT molecular complexity index is 901. The Morgan fingerprint density at radius 1 is 0.769 bits per heavy atom. The lowest BCUT2D eigenvalue weighted by Gasteiger charge is -2.15. The van der Waals surface area contributed by atoms with E-state index in [-0.39, 0.29) is 22.3 Å². The minimum Gasteiger partial charge on any atom is -0.478 e. The van der Waals surface area contributed by atoms with E-state index in [1.165, 1.54) is 13.8 Å². The normalized spacial score (nSPS) is 10.4. The van der Waals surface area contributed by atoms with Crippen LogP contribution in [-0.4, -0.2) is 32.0 Å². The smallest absolute Gasteiger partial charge is 0.336 e. The number of carboxylic acid groups (broad SMARTS) is 2. The molecule has 0 fully saturated rings. The second-order valence-electron chi connectivity index (χ2n) is 5.49. The number of rotatable bonds is 5. The van der Waals surface area contributed by atoms with Crippen molar-refractivity contribution < 1.29 is 29.6 Å². The second kappa shape index (κ2) is 6.59. The molecule has 0 heterocycles. The highest BCUT2D eigenvalue weighted by Gasteiger charge is 2.27. The quantitative estimate of drug-likeness (QED) is 0.607. The summed E-state index contributed by atoms with van der Waals surface area (Å²) in [6.45, 7) is 2.81. The van der Waals surface area contributed by atoms with E-state index in [1.807, 2.05) is 0 Å². The van der Waals surface area contributed by atoms with Gasteiger partial charge in [0.2, 0.25) is 0 Å². The zero-order valence-electron chi connectivity index (χ0n) is 13.5. The summed E-state index contributed by atoms with van der Waals surface area (Å²) in [5.41, 5.74) is -1.58. The van der Waals surface area contributed by atoms with Gasteiger partial charge in [0, 0.05) is 35.4 Å². The molecule has 0 amide bonds. The SMILES string of the molecule is Cc1cc([N+](=O)[O-])cc(C(=O)O)c1-c1c(C)cc([N+](=O)[O-])cc1C(=O)O. The number of hydrogen-bond donors (Lipinski definition) is 2. The average molecular weight is 360 g/mol. The first-order valence-corrected chi connectivity index (χ1v) is 7.09. The van der Waals surface area contributed by atoms with Crippen LogP contribution < -0.4 is 0 Å². The average Bonchev–Trinajstić information content (AvgIpc) is 2.53. The summed E-state index contributed by atoms with van der Waals surface area (Å²) in [7, 11) is 0. The number of non-ortho nitro benzene ring substituents is 2. The Morgan fingerprint density at radius 2 is 1.08 bits per heavy atom. The third-order valence-electron chi connectivity index (χ3n) is 3.77. The molecule has 2 N–H and O–H groups in total. The van der Waals surface area contributed by atoms with Gasteiger partial charge >= 0.3 is 11.9 Å². The van der Waals surface area contributed by atoms with Crippen LogP contribution in [0.1, 0.15) is 31.8 Å². The van der Waals surface area contributed by atoms with Gasteiger partial charge in [0.05, 0.1) is 21.0 Å². The largest absolute Gasteiger partial charge is 0.478 e. The first-order chi connectivity index (χ1) is 12.0. The molecule has 0 spiro atoms. The molecular weight excluding hydrogens is 348 g/mol. The van der Waals surface area contributed by atoms with Crippen LogP contribution in [0.15, 0.2) is 24.3 Å². The van der Waals surface area contributed by atoms with Gasteiger partial charge in [-0.05, 0) is 25.0 Å². The fourth-order valence-electron chi connectivity index (χ4n) is 2.75. The molecule has 134 valence electrons. The van der Waals surface area contributed by atoms with Crippen LogP contribution in [0.5, 0.6) is 0 Å². The van der Waals surface area contributed by atoms with E-state index >= 15 is 0 Å². The first kappa shape index (κ1) is 18.5. The molecule has 0 unspecified atom stereocenters. The molecule has 0 saturated carbocycles. The molecule has 0 aromatic heterocycles. The van der Waals surface area contributed by atoms with Crippen molar-refractivity contribution in [2.45, 2.75) is 13.8 Å². The molecule has 0 radical (unpaired) electrons. The van der Waals surface area contributed by atoms with Gasteiger partial charge in [-0.25, -0.2) is 9.59 Å². The highest BCUT2D eigenvalue weighted by molar-refractivity contribution is 6.04. The number of carboxylic acids is 2. The summed E-state index contributed by atoms with van der Waals surface area (Å²) in [6, 6.07) is 3.90. The zero-order valence-corrected chi connectivity index (χ0v) is 13.5. The standard InChI is InChI=1S/C16H12N2O8/c1-7-3-9(17(23)24)5-11(15(19)20)13(7)14-8(2)4-10(18(25)26)6-12(14)16(21)22/h3-6H,1-2H3,(H,19,20)(H,21,22). The third-order valence-corrected chi connectivity index (χ3v) is 3.77. The lowest BCUT2D eigenvalue weighted by atomic mass is 9.87. The summed E-state index contributed by atoms with van der Waals surface area (Å²) in [5.74, 6) is -2.97. The van der Waals surface area contributed by atoms with Crippen LogP contribution in [0, 0.1) is 34.1 Å². The van der Waals surface area contributed by atoms with E-state index in [9.17, 15) is 40.0 Å². The van der Waals surface area contributed by atoms with Crippen molar-refractivity contribution in [1.29, 1.82) is 0 Å². The molecular formula is C16H12N2O8. The minimum absolute atomic E-state index is 0.0344. The lowest BCUT2D eigenvalue weighted by Crippen LogP contribution is -2.09. The summed E-state index contributed by atoms with van der Waals surface area (Å²) < 4.78 is 0. The molecule has 0 saturated heterocycles. The molecule has 26 heavy (non-hydrogen) atoms.